The van der Waals surface area contributed by atoms with Crippen molar-refractivity contribution in [3.05, 3.63) is 29.3 Å². The van der Waals surface area contributed by atoms with Gasteiger partial charge in [0.1, 0.15) is 11.6 Å². The second kappa shape index (κ2) is 6.03. The lowest BCUT2D eigenvalue weighted by Gasteiger charge is -2.45. The summed E-state index contributed by atoms with van der Waals surface area (Å²) in [5.74, 6) is 0.953. The maximum atomic E-state index is 7.59. The quantitative estimate of drug-likeness (QED) is 0.651. The smallest absolute Gasteiger partial charge is 0.123 e. The Kier molecular flexibility index (Phi) is 4.54. The van der Waals surface area contributed by atoms with Crippen molar-refractivity contribution in [2.75, 3.05) is 33.8 Å². The van der Waals surface area contributed by atoms with Crippen molar-refractivity contribution in [3.8, 4) is 5.75 Å². The molecule has 1 saturated heterocycles. The highest BCUT2D eigenvalue weighted by atomic mass is 16.5. The van der Waals surface area contributed by atoms with Crippen LogP contribution in [-0.4, -0.2) is 55.0 Å². The molecule has 5 heteroatoms. The van der Waals surface area contributed by atoms with Crippen LogP contribution in [0.5, 0.6) is 5.75 Å². The molecule has 3 N–H and O–H groups in total. The van der Waals surface area contributed by atoms with E-state index in [2.05, 4.69) is 30.7 Å². The molecule has 1 aliphatic heterocycles. The van der Waals surface area contributed by atoms with Crippen LogP contribution in [0.3, 0.4) is 0 Å². The Labute approximate surface area is 127 Å². The molecule has 1 aromatic rings. The Morgan fingerprint density at radius 3 is 2.67 bits per heavy atom. The van der Waals surface area contributed by atoms with Crippen LogP contribution < -0.4 is 10.5 Å². The molecule has 0 unspecified atom stereocenters. The highest BCUT2D eigenvalue weighted by Crippen LogP contribution is 2.25. The predicted octanol–water partition coefficient (Wildman–Crippen LogP) is 1.51. The fourth-order valence-electron chi connectivity index (χ4n) is 2.79. The molecule has 21 heavy (non-hydrogen) atoms. The van der Waals surface area contributed by atoms with Crippen LogP contribution in [0, 0.1) is 5.41 Å². The number of nitrogens with two attached hydrogens (primary N) is 1. The first-order valence-electron chi connectivity index (χ1n) is 7.28. The zero-order chi connectivity index (χ0) is 15.6. The summed E-state index contributed by atoms with van der Waals surface area (Å²) < 4.78 is 5.45. The van der Waals surface area contributed by atoms with Crippen molar-refractivity contribution in [1.82, 2.24) is 9.80 Å². The molecule has 1 aromatic carbocycles. The van der Waals surface area contributed by atoms with Gasteiger partial charge in [-0.1, -0.05) is 0 Å². The number of rotatable bonds is 4. The number of amidine groups is 1. The summed E-state index contributed by atoms with van der Waals surface area (Å²) in [4.78, 5) is 4.83. The minimum Gasteiger partial charge on any atom is -0.496 e. The lowest BCUT2D eigenvalue weighted by Crippen LogP contribution is -2.57. The third-order valence-corrected chi connectivity index (χ3v) is 4.38. The maximum absolute atomic E-state index is 7.59. The molecule has 1 aliphatic rings. The molecule has 1 heterocycles. The van der Waals surface area contributed by atoms with Gasteiger partial charge in [-0.15, -0.1) is 0 Å². The van der Waals surface area contributed by atoms with E-state index in [9.17, 15) is 0 Å². The second-order valence-electron chi connectivity index (χ2n) is 6.38. The monoisotopic (exact) mass is 290 g/mol. The van der Waals surface area contributed by atoms with Crippen LogP contribution in [0.1, 0.15) is 25.0 Å². The largest absolute Gasteiger partial charge is 0.496 e. The Morgan fingerprint density at radius 2 is 2.10 bits per heavy atom. The molecule has 0 aliphatic carbocycles. The van der Waals surface area contributed by atoms with Gasteiger partial charge in [0.25, 0.3) is 0 Å². The van der Waals surface area contributed by atoms with Gasteiger partial charge in [0, 0.05) is 42.8 Å². The first-order chi connectivity index (χ1) is 9.83. The average Bonchev–Trinajstić information content (AvgIpc) is 2.42. The van der Waals surface area contributed by atoms with Crippen molar-refractivity contribution >= 4 is 5.84 Å². The van der Waals surface area contributed by atoms with Gasteiger partial charge in [-0.05, 0) is 39.1 Å². The molecule has 2 rings (SSSR count). The molecule has 0 saturated carbocycles. The topological polar surface area (TPSA) is 65.6 Å². The van der Waals surface area contributed by atoms with E-state index in [1.807, 2.05) is 18.2 Å². The summed E-state index contributed by atoms with van der Waals surface area (Å²) in [7, 11) is 3.86. The first kappa shape index (κ1) is 15.8. The summed E-state index contributed by atoms with van der Waals surface area (Å²) in [5.41, 5.74) is 7.60. The number of hydrogen-bond acceptors (Lipinski definition) is 4. The summed E-state index contributed by atoms with van der Waals surface area (Å²) in [6, 6.07) is 5.69. The molecule has 116 valence electrons. The number of ether oxygens (including phenoxy) is 1. The van der Waals surface area contributed by atoms with E-state index < -0.39 is 0 Å². The van der Waals surface area contributed by atoms with Gasteiger partial charge in [-0.25, -0.2) is 0 Å². The van der Waals surface area contributed by atoms with Crippen LogP contribution in [0.25, 0.3) is 0 Å². The van der Waals surface area contributed by atoms with E-state index >= 15 is 0 Å². The van der Waals surface area contributed by atoms with Crippen LogP contribution in [0.2, 0.25) is 0 Å². The minimum absolute atomic E-state index is 0.0950. The number of nitrogens with one attached hydrogen (secondary N) is 1. The van der Waals surface area contributed by atoms with Crippen molar-refractivity contribution in [2.45, 2.75) is 25.9 Å². The lowest BCUT2D eigenvalue weighted by atomic mass is 9.99. The van der Waals surface area contributed by atoms with Gasteiger partial charge >= 0.3 is 0 Å². The van der Waals surface area contributed by atoms with Crippen LogP contribution in [0.15, 0.2) is 18.2 Å². The van der Waals surface area contributed by atoms with E-state index in [1.165, 1.54) is 0 Å². The van der Waals surface area contributed by atoms with Gasteiger partial charge in [-0.2, -0.15) is 0 Å². The van der Waals surface area contributed by atoms with E-state index in [1.54, 1.807) is 7.11 Å². The minimum atomic E-state index is 0.0950. The summed E-state index contributed by atoms with van der Waals surface area (Å²) in [6.07, 6.45) is 0. The molecular weight excluding hydrogens is 264 g/mol. The number of piperazine rings is 1. The van der Waals surface area contributed by atoms with Crippen molar-refractivity contribution in [2.24, 2.45) is 5.73 Å². The van der Waals surface area contributed by atoms with Gasteiger partial charge in [0.2, 0.25) is 0 Å². The van der Waals surface area contributed by atoms with Crippen molar-refractivity contribution < 1.29 is 4.74 Å². The molecule has 5 nitrogen and oxygen atoms in total. The highest BCUT2D eigenvalue weighted by Gasteiger charge is 2.31. The number of benzene rings is 1. The standard InChI is InChI=1S/C16H26N4O/c1-16(2)11-20(8-7-19(16)3)10-13-9-12(15(17)18)5-6-14(13)21-4/h5-6,9H,7-8,10-11H2,1-4H3,(H3,17,18). The first-order valence-corrected chi connectivity index (χ1v) is 7.28. The Hall–Kier alpha value is -1.59. The molecule has 0 amide bonds. The van der Waals surface area contributed by atoms with Gasteiger partial charge in [0.15, 0.2) is 0 Å². The fourth-order valence-corrected chi connectivity index (χ4v) is 2.79. The SMILES string of the molecule is COc1ccc(C(=N)N)cc1CN1CCN(C)C(C)(C)C1. The highest BCUT2D eigenvalue weighted by molar-refractivity contribution is 5.95. The molecule has 1 fully saturated rings. The zero-order valence-corrected chi connectivity index (χ0v) is 13.4. The summed E-state index contributed by atoms with van der Waals surface area (Å²) in [6.45, 7) is 8.46. The number of nitrogens with zero attached hydrogens (tertiary/aromatic N) is 2. The van der Waals surface area contributed by atoms with Crippen LogP contribution >= 0.6 is 0 Å². The van der Waals surface area contributed by atoms with Crippen LogP contribution in [0.4, 0.5) is 0 Å². The third kappa shape index (κ3) is 3.54. The third-order valence-electron chi connectivity index (χ3n) is 4.38. The number of nitrogen functional groups attached to an aromatic ring is 1. The molecular formula is C16H26N4O. The summed E-state index contributed by atoms with van der Waals surface area (Å²) >= 11 is 0. The van der Waals surface area contributed by atoms with Gasteiger partial charge in [0.05, 0.1) is 7.11 Å². The number of methoxy groups -OCH3 is 1. The van der Waals surface area contributed by atoms with E-state index in [-0.39, 0.29) is 11.4 Å². The number of likely N-dealkylation sites (N-methyl/N-ethyl adjacent to an activating group) is 1. The van der Waals surface area contributed by atoms with E-state index in [0.29, 0.717) is 0 Å². The average molecular weight is 290 g/mol. The molecule has 0 spiro atoms. The Balaban J connectivity index is 2.18. The van der Waals surface area contributed by atoms with Crippen LogP contribution in [-0.2, 0) is 6.54 Å². The Bertz CT molecular complexity index is 527. The van der Waals surface area contributed by atoms with E-state index in [4.69, 9.17) is 15.9 Å². The maximum Gasteiger partial charge on any atom is 0.123 e. The molecule has 0 radical (unpaired) electrons. The number of hydrogen-bond donors (Lipinski definition) is 2. The van der Waals surface area contributed by atoms with E-state index in [0.717, 1.165) is 43.1 Å². The molecule has 0 atom stereocenters. The normalized spacial score (nSPS) is 19.4. The second-order valence-corrected chi connectivity index (χ2v) is 6.38. The Morgan fingerprint density at radius 1 is 1.38 bits per heavy atom. The predicted molar refractivity (Wildman–Crippen MR) is 86.0 cm³/mol. The van der Waals surface area contributed by atoms with Crippen molar-refractivity contribution in [1.29, 1.82) is 5.41 Å². The molecule has 0 aromatic heterocycles. The van der Waals surface area contributed by atoms with Gasteiger partial charge < -0.3 is 10.5 Å². The van der Waals surface area contributed by atoms with Gasteiger partial charge in [-0.3, -0.25) is 15.2 Å². The lowest BCUT2D eigenvalue weighted by molar-refractivity contribution is 0.0356. The molecule has 0 bridgehead atoms. The summed E-state index contributed by atoms with van der Waals surface area (Å²) in [5, 5.41) is 7.59. The fraction of sp³-hybridized carbons (Fsp3) is 0.562. The zero-order valence-electron chi connectivity index (χ0n) is 13.4. The van der Waals surface area contributed by atoms with Crippen molar-refractivity contribution in [3.63, 3.8) is 0 Å².